The SMILES string of the molecule is CCC(CO)N1CCN(C(=O)c2ccc3c(c2)[nH]c(=O)n3C)CC1. The summed E-state index contributed by atoms with van der Waals surface area (Å²) < 4.78 is 1.53. The van der Waals surface area contributed by atoms with Crippen LogP contribution in [0.2, 0.25) is 0 Å². The number of carbonyl (C=O) groups is 1. The number of hydrogen-bond donors (Lipinski definition) is 2. The molecule has 0 spiro atoms. The summed E-state index contributed by atoms with van der Waals surface area (Å²) in [7, 11) is 1.70. The van der Waals surface area contributed by atoms with Gasteiger partial charge in [0.15, 0.2) is 0 Å². The van der Waals surface area contributed by atoms with Gasteiger partial charge in [-0.3, -0.25) is 14.3 Å². The molecule has 1 aliphatic rings. The molecule has 0 radical (unpaired) electrons. The van der Waals surface area contributed by atoms with Crippen LogP contribution < -0.4 is 5.69 Å². The Hall–Kier alpha value is -2.12. The number of piperazine rings is 1. The smallest absolute Gasteiger partial charge is 0.326 e. The van der Waals surface area contributed by atoms with Crippen molar-refractivity contribution in [2.45, 2.75) is 19.4 Å². The van der Waals surface area contributed by atoms with E-state index in [1.165, 1.54) is 4.57 Å². The topological polar surface area (TPSA) is 81.6 Å². The fourth-order valence-electron chi connectivity index (χ4n) is 3.35. The van der Waals surface area contributed by atoms with Gasteiger partial charge in [0.2, 0.25) is 0 Å². The van der Waals surface area contributed by atoms with E-state index < -0.39 is 0 Å². The second kappa shape index (κ2) is 6.78. The summed E-state index contributed by atoms with van der Waals surface area (Å²) in [5.41, 5.74) is 1.87. The van der Waals surface area contributed by atoms with Gasteiger partial charge in [-0.15, -0.1) is 0 Å². The van der Waals surface area contributed by atoms with E-state index in [2.05, 4.69) is 16.8 Å². The Kier molecular flexibility index (Phi) is 4.73. The van der Waals surface area contributed by atoms with Gasteiger partial charge >= 0.3 is 5.69 Å². The molecule has 130 valence electrons. The molecule has 1 atom stereocenters. The normalized spacial score (nSPS) is 17.4. The lowest BCUT2D eigenvalue weighted by Crippen LogP contribution is -2.52. The van der Waals surface area contributed by atoms with Gasteiger partial charge in [-0.2, -0.15) is 0 Å². The summed E-state index contributed by atoms with van der Waals surface area (Å²) in [4.78, 5) is 31.2. The van der Waals surface area contributed by atoms with E-state index in [1.807, 2.05) is 4.90 Å². The van der Waals surface area contributed by atoms with Crippen LogP contribution >= 0.6 is 0 Å². The molecule has 1 aromatic heterocycles. The number of hydrogen-bond acceptors (Lipinski definition) is 4. The number of aromatic amines is 1. The van der Waals surface area contributed by atoms with Crippen LogP contribution in [0, 0.1) is 0 Å². The highest BCUT2D eigenvalue weighted by molar-refractivity contribution is 5.97. The highest BCUT2D eigenvalue weighted by Gasteiger charge is 2.25. The zero-order valence-corrected chi connectivity index (χ0v) is 14.2. The van der Waals surface area contributed by atoms with Crippen molar-refractivity contribution in [3.05, 3.63) is 34.2 Å². The van der Waals surface area contributed by atoms with Gasteiger partial charge in [0.1, 0.15) is 0 Å². The molecule has 7 nitrogen and oxygen atoms in total. The molecule has 1 aliphatic heterocycles. The number of rotatable bonds is 4. The number of aliphatic hydroxyl groups is 1. The van der Waals surface area contributed by atoms with Crippen molar-refractivity contribution in [2.75, 3.05) is 32.8 Å². The molecule has 1 saturated heterocycles. The molecule has 1 fully saturated rings. The highest BCUT2D eigenvalue weighted by atomic mass is 16.3. The van der Waals surface area contributed by atoms with Crippen LogP contribution in [0.3, 0.4) is 0 Å². The molecule has 3 rings (SSSR count). The van der Waals surface area contributed by atoms with Crippen LogP contribution in [0.1, 0.15) is 23.7 Å². The summed E-state index contributed by atoms with van der Waals surface area (Å²) in [6.45, 7) is 5.07. The average Bonchev–Trinajstić information content (AvgIpc) is 2.90. The second-order valence-corrected chi connectivity index (χ2v) is 6.29. The van der Waals surface area contributed by atoms with Crippen LogP contribution in [0.4, 0.5) is 0 Å². The third-order valence-corrected chi connectivity index (χ3v) is 4.95. The van der Waals surface area contributed by atoms with Crippen molar-refractivity contribution in [1.82, 2.24) is 19.4 Å². The molecule has 0 saturated carbocycles. The fraction of sp³-hybridized carbons (Fsp3) is 0.529. The molecule has 1 aromatic carbocycles. The van der Waals surface area contributed by atoms with Gasteiger partial charge in [-0.05, 0) is 24.6 Å². The lowest BCUT2D eigenvalue weighted by atomic mass is 10.1. The van der Waals surface area contributed by atoms with Crippen molar-refractivity contribution in [3.8, 4) is 0 Å². The molecule has 2 aromatic rings. The van der Waals surface area contributed by atoms with Crippen LogP contribution in [-0.2, 0) is 7.05 Å². The van der Waals surface area contributed by atoms with Crippen LogP contribution in [0.5, 0.6) is 0 Å². The molecule has 7 heteroatoms. The summed E-state index contributed by atoms with van der Waals surface area (Å²) in [6, 6.07) is 5.49. The van der Waals surface area contributed by atoms with Gasteiger partial charge < -0.3 is 15.0 Å². The average molecular weight is 332 g/mol. The van der Waals surface area contributed by atoms with Crippen LogP contribution in [0.25, 0.3) is 11.0 Å². The number of carbonyl (C=O) groups excluding carboxylic acids is 1. The Morgan fingerprint density at radius 1 is 1.29 bits per heavy atom. The maximum absolute atomic E-state index is 12.7. The van der Waals surface area contributed by atoms with Crippen molar-refractivity contribution in [2.24, 2.45) is 7.05 Å². The molecule has 2 N–H and O–H groups in total. The van der Waals surface area contributed by atoms with E-state index in [1.54, 1.807) is 25.2 Å². The first-order valence-corrected chi connectivity index (χ1v) is 8.38. The first-order valence-electron chi connectivity index (χ1n) is 8.38. The molecular weight excluding hydrogens is 308 g/mol. The molecule has 1 unspecified atom stereocenters. The largest absolute Gasteiger partial charge is 0.395 e. The molecule has 1 amide bonds. The lowest BCUT2D eigenvalue weighted by Gasteiger charge is -2.38. The van der Waals surface area contributed by atoms with Gasteiger partial charge in [0.25, 0.3) is 5.91 Å². The molecular formula is C17H24N4O3. The summed E-state index contributed by atoms with van der Waals surface area (Å²) in [6.07, 6.45) is 0.905. The predicted molar refractivity (Wildman–Crippen MR) is 92.2 cm³/mol. The van der Waals surface area contributed by atoms with Gasteiger partial charge in [0.05, 0.1) is 17.6 Å². The minimum absolute atomic E-state index is 0.0155. The highest BCUT2D eigenvalue weighted by Crippen LogP contribution is 2.16. The zero-order valence-electron chi connectivity index (χ0n) is 14.2. The molecule has 2 heterocycles. The number of benzene rings is 1. The standard InChI is InChI=1S/C17H24N4O3/c1-3-13(11-22)20-6-8-21(9-7-20)16(23)12-4-5-15-14(10-12)18-17(24)19(15)2/h4-5,10,13,22H,3,6-9,11H2,1-2H3,(H,18,24). The fourth-order valence-corrected chi connectivity index (χ4v) is 3.35. The van der Waals surface area contributed by atoms with Gasteiger partial charge in [-0.1, -0.05) is 6.92 Å². The van der Waals surface area contributed by atoms with Gasteiger partial charge in [-0.25, -0.2) is 4.79 Å². The van der Waals surface area contributed by atoms with E-state index >= 15 is 0 Å². The predicted octanol–water partition coefficient (Wildman–Crippen LogP) is 0.395. The minimum atomic E-state index is -0.183. The number of H-pyrrole nitrogens is 1. The number of aromatic nitrogens is 2. The first-order chi connectivity index (χ1) is 11.5. The van der Waals surface area contributed by atoms with Gasteiger partial charge in [0, 0.05) is 44.8 Å². The number of amides is 1. The van der Waals surface area contributed by atoms with E-state index in [0.717, 1.165) is 25.0 Å². The Bertz CT molecular complexity index is 783. The van der Waals surface area contributed by atoms with E-state index in [9.17, 15) is 14.7 Å². The number of nitrogens with zero attached hydrogens (tertiary/aromatic N) is 3. The third-order valence-electron chi connectivity index (χ3n) is 4.95. The summed E-state index contributed by atoms with van der Waals surface area (Å²) in [5, 5.41) is 9.40. The maximum Gasteiger partial charge on any atom is 0.326 e. The van der Waals surface area contributed by atoms with Crippen LogP contribution in [0.15, 0.2) is 23.0 Å². The number of fused-ring (bicyclic) bond motifs is 1. The number of aryl methyl sites for hydroxylation is 1. The van der Waals surface area contributed by atoms with Crippen molar-refractivity contribution in [1.29, 1.82) is 0 Å². The first kappa shape index (κ1) is 16.7. The molecule has 24 heavy (non-hydrogen) atoms. The number of imidazole rings is 1. The van der Waals surface area contributed by atoms with E-state index in [4.69, 9.17) is 0 Å². The summed E-state index contributed by atoms with van der Waals surface area (Å²) >= 11 is 0. The van der Waals surface area contributed by atoms with E-state index in [0.29, 0.717) is 24.2 Å². The van der Waals surface area contributed by atoms with Crippen LogP contribution in [-0.4, -0.2) is 69.2 Å². The van der Waals surface area contributed by atoms with Crippen molar-refractivity contribution in [3.63, 3.8) is 0 Å². The Morgan fingerprint density at radius 3 is 2.62 bits per heavy atom. The summed E-state index contributed by atoms with van der Waals surface area (Å²) in [5.74, 6) is -0.0155. The Morgan fingerprint density at radius 2 is 2.00 bits per heavy atom. The Labute approximate surface area is 140 Å². The second-order valence-electron chi connectivity index (χ2n) is 6.29. The van der Waals surface area contributed by atoms with Crippen molar-refractivity contribution < 1.29 is 9.90 Å². The minimum Gasteiger partial charge on any atom is -0.395 e. The molecule has 0 bridgehead atoms. The Balaban J connectivity index is 1.72. The quantitative estimate of drug-likeness (QED) is 0.849. The third kappa shape index (κ3) is 2.97. The van der Waals surface area contributed by atoms with Crippen molar-refractivity contribution >= 4 is 16.9 Å². The number of aliphatic hydroxyl groups excluding tert-OH is 1. The maximum atomic E-state index is 12.7. The zero-order chi connectivity index (χ0) is 17.3. The lowest BCUT2D eigenvalue weighted by molar-refractivity contribution is 0.0472. The molecule has 0 aliphatic carbocycles. The van der Waals surface area contributed by atoms with E-state index in [-0.39, 0.29) is 24.2 Å². The number of nitrogens with one attached hydrogen (secondary N) is 1. The monoisotopic (exact) mass is 332 g/mol.